The minimum Gasteiger partial charge on any atom is -0.504 e. The maximum absolute atomic E-state index is 12.8. The lowest BCUT2D eigenvalue weighted by atomic mass is 10.1. The maximum atomic E-state index is 12.8. The fraction of sp³-hybridized carbons (Fsp3) is 0.200. The molecule has 0 fully saturated rings. The highest BCUT2D eigenvalue weighted by atomic mass is 32.2. The Morgan fingerprint density at radius 1 is 0.784 bits per heavy atom. The van der Waals surface area contributed by atoms with Crippen molar-refractivity contribution in [3.63, 3.8) is 0 Å². The number of aromatic hydroxyl groups is 1. The second-order valence-corrected chi connectivity index (χ2v) is 9.22. The summed E-state index contributed by atoms with van der Waals surface area (Å²) in [5.41, 5.74) is -0.0681. The van der Waals surface area contributed by atoms with Gasteiger partial charge in [-0.1, -0.05) is 12.2 Å². The molecule has 3 rings (SSSR count). The molecule has 0 aromatic heterocycles. The van der Waals surface area contributed by atoms with Crippen LogP contribution in [0.4, 0.5) is 18.9 Å². The molecule has 0 heterocycles. The quantitative estimate of drug-likeness (QED) is 0.350. The van der Waals surface area contributed by atoms with Crippen LogP contribution in [0.25, 0.3) is 12.2 Å². The van der Waals surface area contributed by atoms with E-state index in [-0.39, 0.29) is 17.2 Å². The number of phenols is 1. The molecule has 8 nitrogen and oxygen atoms in total. The molecule has 3 aromatic carbocycles. The molecule has 2 N–H and O–H groups in total. The number of hydrogen-bond donors (Lipinski definition) is 2. The Bertz CT molecular complexity index is 1380. The minimum atomic E-state index is -4.61. The van der Waals surface area contributed by atoms with Crippen molar-refractivity contribution >= 4 is 27.9 Å². The van der Waals surface area contributed by atoms with E-state index in [9.17, 15) is 26.7 Å². The van der Waals surface area contributed by atoms with Crippen LogP contribution in [0, 0.1) is 0 Å². The van der Waals surface area contributed by atoms with Crippen molar-refractivity contribution < 1.29 is 45.6 Å². The van der Waals surface area contributed by atoms with E-state index in [2.05, 4.69) is 4.72 Å². The number of rotatable bonds is 9. The Kier molecular flexibility index (Phi) is 8.12. The summed E-state index contributed by atoms with van der Waals surface area (Å²) in [6, 6.07) is 9.14. The van der Waals surface area contributed by atoms with Crippen LogP contribution < -0.4 is 23.7 Å². The molecule has 0 aliphatic carbocycles. The van der Waals surface area contributed by atoms with Gasteiger partial charge in [-0.2, -0.15) is 13.2 Å². The van der Waals surface area contributed by atoms with Gasteiger partial charge in [0, 0.05) is 0 Å². The molecule has 0 unspecified atom stereocenters. The standard InChI is InChI=1S/C25H24F3NO7S/c1-33-21-13-16(14-22(34-2)24(21)36-4)6-5-15-11-19(23(35-3)20(30)12-15)29-37(31,32)18-9-7-17(8-10-18)25(26,27)28/h5-14,29-30H,1-4H3/b6-5-. The first kappa shape index (κ1) is 27.5. The summed E-state index contributed by atoms with van der Waals surface area (Å²) < 4.78 is 87.5. The molecule has 0 aliphatic heterocycles. The van der Waals surface area contributed by atoms with Crippen molar-refractivity contribution in [2.24, 2.45) is 0 Å². The fourth-order valence-corrected chi connectivity index (χ4v) is 4.49. The highest BCUT2D eigenvalue weighted by Gasteiger charge is 2.31. The van der Waals surface area contributed by atoms with Gasteiger partial charge in [-0.25, -0.2) is 8.42 Å². The first-order chi connectivity index (χ1) is 17.4. The predicted molar refractivity (Wildman–Crippen MR) is 132 cm³/mol. The second kappa shape index (κ2) is 10.9. The summed E-state index contributed by atoms with van der Waals surface area (Å²) in [5, 5.41) is 10.4. The maximum Gasteiger partial charge on any atom is 0.416 e. The van der Waals surface area contributed by atoms with Gasteiger partial charge < -0.3 is 24.1 Å². The van der Waals surface area contributed by atoms with Crippen LogP contribution in [-0.4, -0.2) is 42.0 Å². The molecule has 12 heteroatoms. The third-order valence-corrected chi connectivity index (χ3v) is 6.57. The first-order valence-electron chi connectivity index (χ1n) is 10.5. The molecule has 0 bridgehead atoms. The highest BCUT2D eigenvalue weighted by Crippen LogP contribution is 2.40. The number of anilines is 1. The lowest BCUT2D eigenvalue weighted by Gasteiger charge is -2.15. The van der Waals surface area contributed by atoms with E-state index in [0.717, 1.165) is 12.1 Å². The van der Waals surface area contributed by atoms with Gasteiger partial charge in [0.05, 0.1) is 44.6 Å². The molecular formula is C25H24F3NO7S. The minimum absolute atomic E-state index is 0.119. The third kappa shape index (κ3) is 6.20. The van der Waals surface area contributed by atoms with Crippen molar-refractivity contribution in [2.45, 2.75) is 11.1 Å². The summed E-state index contributed by atoms with van der Waals surface area (Å²) in [6.45, 7) is 0. The smallest absolute Gasteiger partial charge is 0.416 e. The number of nitrogens with one attached hydrogen (secondary N) is 1. The molecule has 0 atom stereocenters. The summed E-state index contributed by atoms with van der Waals surface area (Å²) >= 11 is 0. The van der Waals surface area contributed by atoms with Crippen molar-refractivity contribution in [1.29, 1.82) is 0 Å². The zero-order chi connectivity index (χ0) is 27.4. The number of ether oxygens (including phenoxy) is 4. The van der Waals surface area contributed by atoms with E-state index in [0.29, 0.717) is 40.5 Å². The molecule has 3 aromatic rings. The third-order valence-electron chi connectivity index (χ3n) is 5.19. The Morgan fingerprint density at radius 3 is 1.76 bits per heavy atom. The van der Waals surface area contributed by atoms with Gasteiger partial charge in [0.15, 0.2) is 23.0 Å². The van der Waals surface area contributed by atoms with Crippen LogP contribution in [0.3, 0.4) is 0 Å². The van der Waals surface area contributed by atoms with E-state index in [1.807, 2.05) is 0 Å². The first-order valence-corrected chi connectivity index (χ1v) is 12.0. The monoisotopic (exact) mass is 539 g/mol. The van der Waals surface area contributed by atoms with E-state index in [1.54, 1.807) is 24.3 Å². The molecule has 0 saturated carbocycles. The average molecular weight is 540 g/mol. The van der Waals surface area contributed by atoms with Crippen molar-refractivity contribution in [2.75, 3.05) is 33.2 Å². The number of hydrogen-bond acceptors (Lipinski definition) is 7. The number of halogens is 3. The van der Waals surface area contributed by atoms with Gasteiger partial charge in [-0.05, 0) is 59.7 Å². The van der Waals surface area contributed by atoms with Crippen LogP contribution >= 0.6 is 0 Å². The van der Waals surface area contributed by atoms with Crippen molar-refractivity contribution in [3.8, 4) is 28.7 Å². The Balaban J connectivity index is 1.97. The molecule has 0 amide bonds. The molecular weight excluding hydrogens is 515 g/mol. The SMILES string of the molecule is COc1cc(/C=C\c2cc(O)c(OC)c(NS(=O)(=O)c3ccc(C(F)(F)F)cc3)c2)cc(OC)c1OC. The lowest BCUT2D eigenvalue weighted by molar-refractivity contribution is -0.137. The van der Waals surface area contributed by atoms with E-state index < -0.39 is 26.7 Å². The number of phenolic OH excluding ortho intramolecular Hbond substituents is 1. The van der Waals surface area contributed by atoms with Crippen LogP contribution in [0.1, 0.15) is 16.7 Å². The number of methoxy groups -OCH3 is 4. The van der Waals surface area contributed by atoms with Crippen molar-refractivity contribution in [3.05, 3.63) is 65.2 Å². The van der Waals surface area contributed by atoms with E-state index >= 15 is 0 Å². The summed E-state index contributed by atoms with van der Waals surface area (Å²) in [7, 11) is 1.34. The number of benzene rings is 3. The molecule has 37 heavy (non-hydrogen) atoms. The molecule has 198 valence electrons. The largest absolute Gasteiger partial charge is 0.504 e. The molecule has 0 saturated heterocycles. The van der Waals surface area contributed by atoms with Crippen LogP contribution in [0.2, 0.25) is 0 Å². The fourth-order valence-electron chi connectivity index (χ4n) is 3.44. The highest BCUT2D eigenvalue weighted by molar-refractivity contribution is 7.92. The van der Waals surface area contributed by atoms with Crippen molar-refractivity contribution in [1.82, 2.24) is 0 Å². The summed E-state index contributed by atoms with van der Waals surface area (Å²) in [4.78, 5) is -0.402. The zero-order valence-electron chi connectivity index (χ0n) is 20.2. The second-order valence-electron chi connectivity index (χ2n) is 7.54. The van der Waals surface area contributed by atoms with Crippen LogP contribution in [0.5, 0.6) is 28.7 Å². The Morgan fingerprint density at radius 2 is 1.30 bits per heavy atom. The van der Waals surface area contributed by atoms with Crippen LogP contribution in [0.15, 0.2) is 53.4 Å². The summed E-state index contributed by atoms with van der Waals surface area (Å²) in [5.74, 6) is 0.720. The molecule has 0 radical (unpaired) electrons. The van der Waals surface area contributed by atoms with E-state index in [1.165, 1.54) is 40.6 Å². The number of sulfonamides is 1. The van der Waals surface area contributed by atoms with Gasteiger partial charge in [-0.15, -0.1) is 0 Å². The normalized spacial score (nSPS) is 11.9. The van der Waals surface area contributed by atoms with Gasteiger partial charge >= 0.3 is 6.18 Å². The number of alkyl halides is 3. The Hall–Kier alpha value is -4.06. The lowest BCUT2D eigenvalue weighted by Crippen LogP contribution is -2.14. The average Bonchev–Trinajstić information content (AvgIpc) is 2.86. The van der Waals surface area contributed by atoms with Gasteiger partial charge in [0.2, 0.25) is 5.75 Å². The topological polar surface area (TPSA) is 103 Å². The summed E-state index contributed by atoms with van der Waals surface area (Å²) in [6.07, 6.45) is -1.35. The van der Waals surface area contributed by atoms with Gasteiger partial charge in [0.1, 0.15) is 0 Å². The van der Waals surface area contributed by atoms with E-state index in [4.69, 9.17) is 18.9 Å². The zero-order valence-corrected chi connectivity index (χ0v) is 21.0. The van der Waals surface area contributed by atoms with Gasteiger partial charge in [-0.3, -0.25) is 4.72 Å². The molecule has 0 aliphatic rings. The predicted octanol–water partition coefficient (Wildman–Crippen LogP) is 5.42. The van der Waals surface area contributed by atoms with Crippen LogP contribution in [-0.2, 0) is 16.2 Å². The Labute approximate surface area is 211 Å². The van der Waals surface area contributed by atoms with Gasteiger partial charge in [0.25, 0.3) is 10.0 Å². The molecule has 0 spiro atoms.